The number of carbonyl (C=O) groups is 1. The Labute approximate surface area is 148 Å². The highest BCUT2D eigenvalue weighted by molar-refractivity contribution is 6.30. The molecular weight excluding hydrogens is 320 g/mol. The van der Waals surface area contributed by atoms with E-state index in [2.05, 4.69) is 55.4 Å². The van der Waals surface area contributed by atoms with E-state index in [-0.39, 0.29) is 17.5 Å². The molecule has 1 atom stereocenters. The van der Waals surface area contributed by atoms with Gasteiger partial charge in [-0.05, 0) is 62.7 Å². The standard InChI is InChI=1S/C20H23ClN2O/c1-20(2)13-14-6-4-5-7-17(14)18(23(20)3)12-19(24)22-16-10-8-15(21)9-11-16/h4-11,18H,12-13H2,1-3H3,(H,22,24)/t18-/m1/s1. The first-order valence-electron chi connectivity index (χ1n) is 8.23. The number of fused-ring (bicyclic) bond motifs is 1. The molecule has 0 saturated carbocycles. The highest BCUT2D eigenvalue weighted by atomic mass is 35.5. The van der Waals surface area contributed by atoms with Crippen LogP contribution in [0.25, 0.3) is 0 Å². The van der Waals surface area contributed by atoms with Gasteiger partial charge in [-0.1, -0.05) is 35.9 Å². The van der Waals surface area contributed by atoms with Crippen LogP contribution in [0.1, 0.15) is 37.4 Å². The van der Waals surface area contributed by atoms with Crippen molar-refractivity contribution >= 4 is 23.2 Å². The monoisotopic (exact) mass is 342 g/mol. The molecule has 0 spiro atoms. The lowest BCUT2D eigenvalue weighted by molar-refractivity contribution is -0.118. The van der Waals surface area contributed by atoms with Crippen LogP contribution in [0, 0.1) is 0 Å². The molecule has 3 rings (SSSR count). The number of halogens is 1. The predicted octanol–water partition coefficient (Wildman–Crippen LogP) is 4.68. The largest absolute Gasteiger partial charge is 0.326 e. The summed E-state index contributed by atoms with van der Waals surface area (Å²) in [6.45, 7) is 4.46. The van der Waals surface area contributed by atoms with Gasteiger partial charge in [0.25, 0.3) is 0 Å². The molecule has 0 saturated heterocycles. The molecule has 0 aliphatic carbocycles. The van der Waals surface area contributed by atoms with Crippen molar-refractivity contribution < 1.29 is 4.79 Å². The SMILES string of the molecule is CN1[C@H](CC(=O)Nc2ccc(Cl)cc2)c2ccccc2CC1(C)C. The third-order valence-corrected chi connectivity index (χ3v) is 5.22. The number of carbonyl (C=O) groups excluding carboxylic acids is 1. The number of amides is 1. The summed E-state index contributed by atoms with van der Waals surface area (Å²) in [4.78, 5) is 14.9. The van der Waals surface area contributed by atoms with Gasteiger partial charge in [-0.25, -0.2) is 0 Å². The second kappa shape index (κ2) is 6.58. The van der Waals surface area contributed by atoms with Crippen molar-refractivity contribution in [3.8, 4) is 0 Å². The minimum Gasteiger partial charge on any atom is -0.326 e. The Morgan fingerprint density at radius 2 is 1.88 bits per heavy atom. The lowest BCUT2D eigenvalue weighted by Gasteiger charge is -2.46. The van der Waals surface area contributed by atoms with Gasteiger partial charge >= 0.3 is 0 Å². The second-order valence-electron chi connectivity index (χ2n) is 7.07. The molecule has 0 fully saturated rings. The normalized spacial score (nSPS) is 19.6. The molecule has 1 N–H and O–H groups in total. The van der Waals surface area contributed by atoms with E-state index in [1.807, 2.05) is 12.1 Å². The van der Waals surface area contributed by atoms with Gasteiger partial charge < -0.3 is 5.32 Å². The summed E-state index contributed by atoms with van der Waals surface area (Å²) >= 11 is 5.89. The van der Waals surface area contributed by atoms with Gasteiger partial charge in [0.05, 0.1) is 0 Å². The van der Waals surface area contributed by atoms with Crippen molar-refractivity contribution in [2.24, 2.45) is 0 Å². The third kappa shape index (κ3) is 3.47. The van der Waals surface area contributed by atoms with Gasteiger partial charge in [-0.2, -0.15) is 0 Å². The first-order chi connectivity index (χ1) is 11.4. The number of nitrogens with zero attached hydrogens (tertiary/aromatic N) is 1. The maximum atomic E-state index is 12.6. The minimum absolute atomic E-state index is 0.0154. The summed E-state index contributed by atoms with van der Waals surface area (Å²) in [5, 5.41) is 3.63. The zero-order valence-electron chi connectivity index (χ0n) is 14.3. The first-order valence-corrected chi connectivity index (χ1v) is 8.61. The maximum absolute atomic E-state index is 12.6. The fraction of sp³-hybridized carbons (Fsp3) is 0.350. The summed E-state index contributed by atoms with van der Waals surface area (Å²) in [5.74, 6) is 0.0154. The van der Waals surface area contributed by atoms with Crippen molar-refractivity contribution in [3.05, 3.63) is 64.7 Å². The van der Waals surface area contributed by atoms with Crippen LogP contribution < -0.4 is 5.32 Å². The Morgan fingerprint density at radius 3 is 2.58 bits per heavy atom. The van der Waals surface area contributed by atoms with Gasteiger partial charge in [0.15, 0.2) is 0 Å². The molecule has 1 aliphatic rings. The van der Waals surface area contributed by atoms with Gasteiger partial charge in [-0.3, -0.25) is 9.69 Å². The number of hydrogen-bond acceptors (Lipinski definition) is 2. The van der Waals surface area contributed by atoms with E-state index in [0.29, 0.717) is 11.4 Å². The first kappa shape index (κ1) is 17.0. The summed E-state index contributed by atoms with van der Waals surface area (Å²) in [6.07, 6.45) is 1.43. The van der Waals surface area contributed by atoms with Gasteiger partial charge in [0, 0.05) is 28.7 Å². The van der Waals surface area contributed by atoms with E-state index >= 15 is 0 Å². The Morgan fingerprint density at radius 1 is 1.21 bits per heavy atom. The number of rotatable bonds is 3. The van der Waals surface area contributed by atoms with Crippen molar-refractivity contribution in [1.29, 1.82) is 0 Å². The molecule has 2 aromatic rings. The smallest absolute Gasteiger partial charge is 0.226 e. The molecule has 0 bridgehead atoms. The Hall–Kier alpha value is -1.84. The molecule has 24 heavy (non-hydrogen) atoms. The van der Waals surface area contributed by atoms with Crippen molar-refractivity contribution in [1.82, 2.24) is 4.90 Å². The zero-order chi connectivity index (χ0) is 17.3. The lowest BCUT2D eigenvalue weighted by atomic mass is 9.81. The average Bonchev–Trinajstić information content (AvgIpc) is 2.54. The van der Waals surface area contributed by atoms with Crippen molar-refractivity contribution in [3.63, 3.8) is 0 Å². The van der Waals surface area contributed by atoms with Crippen LogP contribution in [0.2, 0.25) is 5.02 Å². The topological polar surface area (TPSA) is 32.3 Å². The maximum Gasteiger partial charge on any atom is 0.226 e. The highest BCUT2D eigenvalue weighted by Crippen LogP contribution is 2.39. The van der Waals surface area contributed by atoms with Crippen LogP contribution in [-0.4, -0.2) is 23.4 Å². The van der Waals surface area contributed by atoms with Crippen molar-refractivity contribution in [2.45, 2.75) is 38.3 Å². The van der Waals surface area contributed by atoms with Gasteiger partial charge in [-0.15, -0.1) is 0 Å². The van der Waals surface area contributed by atoms with Crippen molar-refractivity contribution in [2.75, 3.05) is 12.4 Å². The zero-order valence-corrected chi connectivity index (χ0v) is 15.1. The summed E-state index contributed by atoms with van der Waals surface area (Å²) in [6, 6.07) is 15.7. The number of benzene rings is 2. The van der Waals surface area contributed by atoms with Crippen LogP contribution in [0.15, 0.2) is 48.5 Å². The molecule has 0 radical (unpaired) electrons. The van der Waals surface area contributed by atoms with E-state index in [9.17, 15) is 4.79 Å². The van der Waals surface area contributed by atoms with Gasteiger partial charge in [0.2, 0.25) is 5.91 Å². The fourth-order valence-corrected chi connectivity index (χ4v) is 3.54. The molecule has 3 nitrogen and oxygen atoms in total. The molecule has 0 unspecified atom stereocenters. The third-order valence-electron chi connectivity index (χ3n) is 4.97. The molecule has 0 aromatic heterocycles. The summed E-state index contributed by atoms with van der Waals surface area (Å²) < 4.78 is 0. The lowest BCUT2D eigenvalue weighted by Crippen LogP contribution is -2.49. The molecule has 2 aromatic carbocycles. The Balaban J connectivity index is 1.80. The number of anilines is 1. The minimum atomic E-state index is 0.0154. The predicted molar refractivity (Wildman–Crippen MR) is 99.4 cm³/mol. The van der Waals surface area contributed by atoms with Crippen LogP contribution in [-0.2, 0) is 11.2 Å². The molecular formula is C20H23ClN2O. The average molecular weight is 343 g/mol. The summed E-state index contributed by atoms with van der Waals surface area (Å²) in [7, 11) is 2.11. The number of hydrogen-bond donors (Lipinski definition) is 1. The van der Waals surface area contributed by atoms with E-state index in [1.54, 1.807) is 12.1 Å². The van der Waals surface area contributed by atoms with E-state index < -0.39 is 0 Å². The second-order valence-corrected chi connectivity index (χ2v) is 7.51. The van der Waals surface area contributed by atoms with Crippen LogP contribution in [0.5, 0.6) is 0 Å². The quantitative estimate of drug-likeness (QED) is 0.878. The molecule has 126 valence electrons. The van der Waals surface area contributed by atoms with E-state index in [0.717, 1.165) is 12.1 Å². The van der Waals surface area contributed by atoms with E-state index in [4.69, 9.17) is 11.6 Å². The van der Waals surface area contributed by atoms with Crippen LogP contribution in [0.4, 0.5) is 5.69 Å². The molecule has 1 amide bonds. The van der Waals surface area contributed by atoms with E-state index in [1.165, 1.54) is 11.1 Å². The number of likely N-dealkylation sites (N-methyl/N-ethyl adjacent to an activating group) is 1. The highest BCUT2D eigenvalue weighted by Gasteiger charge is 2.37. The van der Waals surface area contributed by atoms with Crippen LogP contribution in [0.3, 0.4) is 0 Å². The Bertz CT molecular complexity index is 740. The van der Waals surface area contributed by atoms with Gasteiger partial charge in [0.1, 0.15) is 0 Å². The number of nitrogens with one attached hydrogen (secondary N) is 1. The Kier molecular flexibility index (Phi) is 4.66. The molecule has 1 aliphatic heterocycles. The molecule has 4 heteroatoms. The molecule has 1 heterocycles. The van der Waals surface area contributed by atoms with Crippen LogP contribution >= 0.6 is 11.6 Å². The summed E-state index contributed by atoms with van der Waals surface area (Å²) in [5.41, 5.74) is 3.39. The fourth-order valence-electron chi connectivity index (χ4n) is 3.41.